The number of hydrogen-bond donors (Lipinski definition) is 2. The van der Waals surface area contributed by atoms with E-state index in [1.165, 1.54) is 20.0 Å². The summed E-state index contributed by atoms with van der Waals surface area (Å²) >= 11 is 0. The van der Waals surface area contributed by atoms with E-state index in [1.54, 1.807) is 18.2 Å². The van der Waals surface area contributed by atoms with Crippen LogP contribution in [-0.2, 0) is 9.47 Å². The van der Waals surface area contributed by atoms with E-state index < -0.39 is 0 Å². The number of esters is 1. The Hall–Kier alpha value is -1.75. The fourth-order valence-electron chi connectivity index (χ4n) is 1.76. The molecule has 0 heterocycles. The first kappa shape index (κ1) is 13.7. The molecule has 0 bridgehead atoms. The summed E-state index contributed by atoms with van der Waals surface area (Å²) in [5.74, 6) is 0.399. The average molecular weight is 264 g/mol. The normalized spacial score (nSPS) is 14.2. The number of methoxy groups -OCH3 is 1. The Morgan fingerprint density at radius 3 is 2.89 bits per heavy atom. The molecule has 1 aliphatic rings. The predicted octanol–water partition coefficient (Wildman–Crippen LogP) is 1.89. The van der Waals surface area contributed by atoms with Crippen LogP contribution in [0, 0.1) is 5.92 Å². The van der Waals surface area contributed by atoms with Gasteiger partial charge in [-0.3, -0.25) is 0 Å². The Morgan fingerprint density at radius 1 is 1.47 bits per heavy atom. The Kier molecular flexibility index (Phi) is 4.63. The van der Waals surface area contributed by atoms with Gasteiger partial charge < -0.3 is 20.5 Å². The molecule has 0 unspecified atom stereocenters. The predicted molar refractivity (Wildman–Crippen MR) is 74.2 cm³/mol. The smallest absolute Gasteiger partial charge is 0.337 e. The molecule has 5 nitrogen and oxygen atoms in total. The minimum absolute atomic E-state index is 0.383. The maximum atomic E-state index is 11.3. The SMILES string of the molecule is COC(=O)c1ccc(NCCOCC2CC2)c(N)c1. The molecule has 3 N–H and O–H groups in total. The van der Waals surface area contributed by atoms with E-state index in [0.717, 1.165) is 18.2 Å². The van der Waals surface area contributed by atoms with Gasteiger partial charge in [0.1, 0.15) is 0 Å². The van der Waals surface area contributed by atoms with Crippen LogP contribution in [0.15, 0.2) is 18.2 Å². The van der Waals surface area contributed by atoms with Gasteiger partial charge in [-0.25, -0.2) is 4.79 Å². The number of carbonyl (C=O) groups excluding carboxylic acids is 1. The average Bonchev–Trinajstić information content (AvgIpc) is 3.23. The fourth-order valence-corrected chi connectivity index (χ4v) is 1.76. The van der Waals surface area contributed by atoms with Crippen LogP contribution in [0.3, 0.4) is 0 Å². The summed E-state index contributed by atoms with van der Waals surface area (Å²) in [6.07, 6.45) is 2.60. The molecular formula is C14H20N2O3. The molecule has 1 fully saturated rings. The van der Waals surface area contributed by atoms with Crippen LogP contribution < -0.4 is 11.1 Å². The highest BCUT2D eigenvalue weighted by atomic mass is 16.5. The molecule has 0 amide bonds. The third-order valence-electron chi connectivity index (χ3n) is 3.08. The summed E-state index contributed by atoms with van der Waals surface area (Å²) in [5.41, 5.74) is 7.67. The molecule has 1 aromatic carbocycles. The van der Waals surface area contributed by atoms with E-state index in [-0.39, 0.29) is 5.97 Å². The number of anilines is 2. The summed E-state index contributed by atoms with van der Waals surface area (Å²) in [6.45, 7) is 2.22. The highest BCUT2D eigenvalue weighted by Gasteiger charge is 2.20. The van der Waals surface area contributed by atoms with Crippen molar-refractivity contribution >= 4 is 17.3 Å². The highest BCUT2D eigenvalue weighted by molar-refractivity contribution is 5.91. The Bertz CT molecular complexity index is 444. The lowest BCUT2D eigenvalue weighted by Crippen LogP contribution is -2.12. The number of nitrogens with one attached hydrogen (secondary N) is 1. The lowest BCUT2D eigenvalue weighted by atomic mass is 10.1. The number of rotatable bonds is 7. The standard InChI is InChI=1S/C14H20N2O3/c1-18-14(17)11-4-5-13(12(15)8-11)16-6-7-19-9-10-2-3-10/h4-5,8,10,16H,2-3,6-7,9,15H2,1H3. The monoisotopic (exact) mass is 264 g/mol. The zero-order valence-electron chi connectivity index (χ0n) is 11.1. The lowest BCUT2D eigenvalue weighted by Gasteiger charge is -2.10. The summed E-state index contributed by atoms with van der Waals surface area (Å²) in [4.78, 5) is 11.3. The van der Waals surface area contributed by atoms with Gasteiger partial charge in [0.25, 0.3) is 0 Å². The molecule has 1 aromatic rings. The van der Waals surface area contributed by atoms with Crippen LogP contribution in [0.25, 0.3) is 0 Å². The largest absolute Gasteiger partial charge is 0.465 e. The first-order valence-corrected chi connectivity index (χ1v) is 6.50. The molecular weight excluding hydrogens is 244 g/mol. The zero-order chi connectivity index (χ0) is 13.7. The van der Waals surface area contributed by atoms with Crippen molar-refractivity contribution in [2.75, 3.05) is 37.9 Å². The van der Waals surface area contributed by atoms with Crippen LogP contribution in [0.5, 0.6) is 0 Å². The van der Waals surface area contributed by atoms with Crippen molar-refractivity contribution in [3.05, 3.63) is 23.8 Å². The van der Waals surface area contributed by atoms with Gasteiger partial charge in [0, 0.05) is 13.2 Å². The van der Waals surface area contributed by atoms with Gasteiger partial charge in [0.2, 0.25) is 0 Å². The van der Waals surface area contributed by atoms with E-state index in [0.29, 0.717) is 24.4 Å². The molecule has 5 heteroatoms. The van der Waals surface area contributed by atoms with Crippen LogP contribution in [0.1, 0.15) is 23.2 Å². The lowest BCUT2D eigenvalue weighted by molar-refractivity contribution is 0.0601. The van der Waals surface area contributed by atoms with Crippen LogP contribution in [-0.4, -0.2) is 32.8 Å². The number of nitrogens with two attached hydrogens (primary N) is 1. The van der Waals surface area contributed by atoms with Crippen molar-refractivity contribution in [2.45, 2.75) is 12.8 Å². The van der Waals surface area contributed by atoms with Gasteiger partial charge in [-0.1, -0.05) is 0 Å². The van der Waals surface area contributed by atoms with Crippen LogP contribution in [0.4, 0.5) is 11.4 Å². The van der Waals surface area contributed by atoms with Crippen molar-refractivity contribution in [1.29, 1.82) is 0 Å². The minimum Gasteiger partial charge on any atom is -0.465 e. The number of carbonyl (C=O) groups is 1. The van der Waals surface area contributed by atoms with Gasteiger partial charge in [0.15, 0.2) is 0 Å². The highest BCUT2D eigenvalue weighted by Crippen LogP contribution is 2.28. The van der Waals surface area contributed by atoms with E-state index in [2.05, 4.69) is 10.1 Å². The summed E-state index contributed by atoms with van der Waals surface area (Å²) in [7, 11) is 1.35. The molecule has 104 valence electrons. The summed E-state index contributed by atoms with van der Waals surface area (Å²) in [6, 6.07) is 5.08. The van der Waals surface area contributed by atoms with E-state index in [1.807, 2.05) is 0 Å². The molecule has 0 aliphatic heterocycles. The molecule has 0 atom stereocenters. The van der Waals surface area contributed by atoms with Gasteiger partial charge in [-0.2, -0.15) is 0 Å². The van der Waals surface area contributed by atoms with Crippen molar-refractivity contribution in [2.24, 2.45) is 5.92 Å². The summed E-state index contributed by atoms with van der Waals surface area (Å²) in [5, 5.41) is 3.19. The third-order valence-corrected chi connectivity index (χ3v) is 3.08. The van der Waals surface area contributed by atoms with Gasteiger partial charge in [0.05, 0.1) is 30.7 Å². The number of nitrogen functional groups attached to an aromatic ring is 1. The number of hydrogen-bond acceptors (Lipinski definition) is 5. The molecule has 2 rings (SSSR count). The van der Waals surface area contributed by atoms with Crippen molar-refractivity contribution in [3.8, 4) is 0 Å². The second-order valence-corrected chi connectivity index (χ2v) is 4.74. The number of benzene rings is 1. The third kappa shape index (κ3) is 4.13. The van der Waals surface area contributed by atoms with Crippen molar-refractivity contribution in [1.82, 2.24) is 0 Å². The van der Waals surface area contributed by atoms with Crippen molar-refractivity contribution in [3.63, 3.8) is 0 Å². The molecule has 1 saturated carbocycles. The molecule has 19 heavy (non-hydrogen) atoms. The maximum absolute atomic E-state index is 11.3. The molecule has 0 saturated heterocycles. The first-order chi connectivity index (χ1) is 9.20. The minimum atomic E-state index is -0.383. The van der Waals surface area contributed by atoms with Gasteiger partial charge >= 0.3 is 5.97 Å². The van der Waals surface area contributed by atoms with E-state index in [4.69, 9.17) is 10.5 Å². The van der Waals surface area contributed by atoms with Crippen molar-refractivity contribution < 1.29 is 14.3 Å². The Morgan fingerprint density at radius 2 is 2.26 bits per heavy atom. The molecule has 0 aromatic heterocycles. The van der Waals surface area contributed by atoms with Crippen LogP contribution in [0.2, 0.25) is 0 Å². The topological polar surface area (TPSA) is 73.6 Å². The Labute approximate surface area is 113 Å². The zero-order valence-corrected chi connectivity index (χ0v) is 11.1. The molecule has 1 aliphatic carbocycles. The quantitative estimate of drug-likeness (QED) is 0.447. The van der Waals surface area contributed by atoms with Gasteiger partial charge in [-0.15, -0.1) is 0 Å². The van der Waals surface area contributed by atoms with E-state index in [9.17, 15) is 4.79 Å². The first-order valence-electron chi connectivity index (χ1n) is 6.50. The Balaban J connectivity index is 1.77. The molecule has 0 spiro atoms. The second-order valence-electron chi connectivity index (χ2n) is 4.74. The second kappa shape index (κ2) is 6.43. The van der Waals surface area contributed by atoms with E-state index >= 15 is 0 Å². The fraction of sp³-hybridized carbons (Fsp3) is 0.500. The summed E-state index contributed by atoms with van der Waals surface area (Å²) < 4.78 is 10.2. The maximum Gasteiger partial charge on any atom is 0.337 e. The van der Waals surface area contributed by atoms with Gasteiger partial charge in [-0.05, 0) is 37.0 Å². The number of ether oxygens (including phenoxy) is 2. The molecule has 0 radical (unpaired) electrons. The van der Waals surface area contributed by atoms with Crippen LogP contribution >= 0.6 is 0 Å².